The quantitative estimate of drug-likeness (QED) is 0.790. The Kier molecular flexibility index (Phi) is 2.54. The van der Waals surface area contributed by atoms with Gasteiger partial charge in [-0.25, -0.2) is 4.79 Å². The summed E-state index contributed by atoms with van der Waals surface area (Å²) in [6.45, 7) is 2.94. The molecule has 1 aliphatic heterocycles. The SMILES string of the molecule is Cc1ccc2c(c1)CCCN2C(=O)NC1CC1. The zero-order valence-corrected chi connectivity index (χ0v) is 10.2. The van der Waals surface area contributed by atoms with Crippen molar-refractivity contribution in [2.45, 2.75) is 38.6 Å². The Morgan fingerprint density at radius 2 is 2.24 bits per heavy atom. The number of carbonyl (C=O) groups excluding carboxylic acids is 1. The van der Waals surface area contributed by atoms with Crippen molar-refractivity contribution >= 4 is 11.7 Å². The molecule has 3 nitrogen and oxygen atoms in total. The number of urea groups is 1. The van der Waals surface area contributed by atoms with E-state index in [0.29, 0.717) is 6.04 Å². The Hall–Kier alpha value is -1.51. The molecule has 0 saturated heterocycles. The predicted molar refractivity (Wildman–Crippen MR) is 68.4 cm³/mol. The third kappa shape index (κ3) is 2.14. The molecule has 3 heteroatoms. The van der Waals surface area contributed by atoms with Gasteiger partial charge >= 0.3 is 6.03 Å². The smallest absolute Gasteiger partial charge is 0.322 e. The second kappa shape index (κ2) is 4.06. The summed E-state index contributed by atoms with van der Waals surface area (Å²) in [4.78, 5) is 14.0. The third-order valence-corrected chi connectivity index (χ3v) is 3.50. The highest BCUT2D eigenvalue weighted by atomic mass is 16.2. The van der Waals surface area contributed by atoms with Crippen LogP contribution in [0.15, 0.2) is 18.2 Å². The molecule has 1 aromatic carbocycles. The highest BCUT2D eigenvalue weighted by Crippen LogP contribution is 2.28. The van der Waals surface area contributed by atoms with E-state index in [-0.39, 0.29) is 6.03 Å². The van der Waals surface area contributed by atoms with Gasteiger partial charge in [-0.05, 0) is 44.2 Å². The molecule has 0 unspecified atom stereocenters. The molecule has 1 aliphatic carbocycles. The lowest BCUT2D eigenvalue weighted by molar-refractivity contribution is 0.245. The Morgan fingerprint density at radius 3 is 3.00 bits per heavy atom. The van der Waals surface area contributed by atoms with Gasteiger partial charge in [-0.1, -0.05) is 17.7 Å². The van der Waals surface area contributed by atoms with E-state index < -0.39 is 0 Å². The maximum atomic E-state index is 12.1. The maximum Gasteiger partial charge on any atom is 0.322 e. The van der Waals surface area contributed by atoms with Crippen LogP contribution in [0.2, 0.25) is 0 Å². The van der Waals surface area contributed by atoms with Gasteiger partial charge in [0.05, 0.1) is 0 Å². The molecule has 2 aliphatic rings. The van der Waals surface area contributed by atoms with Gasteiger partial charge in [-0.15, -0.1) is 0 Å². The first-order valence-electron chi connectivity index (χ1n) is 6.41. The van der Waals surface area contributed by atoms with Crippen molar-refractivity contribution in [2.24, 2.45) is 0 Å². The van der Waals surface area contributed by atoms with Crippen molar-refractivity contribution in [2.75, 3.05) is 11.4 Å². The molecular formula is C14H18N2O. The molecule has 1 saturated carbocycles. The maximum absolute atomic E-state index is 12.1. The van der Waals surface area contributed by atoms with Crippen LogP contribution in [0.4, 0.5) is 10.5 Å². The van der Waals surface area contributed by atoms with E-state index in [1.165, 1.54) is 11.1 Å². The lowest BCUT2D eigenvalue weighted by Crippen LogP contribution is -2.43. The van der Waals surface area contributed by atoms with Crippen molar-refractivity contribution in [1.82, 2.24) is 5.32 Å². The van der Waals surface area contributed by atoms with Gasteiger partial charge in [0.15, 0.2) is 0 Å². The van der Waals surface area contributed by atoms with Gasteiger partial charge < -0.3 is 5.32 Å². The molecule has 1 N–H and O–H groups in total. The van der Waals surface area contributed by atoms with E-state index in [2.05, 4.69) is 30.4 Å². The minimum Gasteiger partial charge on any atom is -0.335 e. The first-order valence-corrected chi connectivity index (χ1v) is 6.41. The van der Waals surface area contributed by atoms with Crippen LogP contribution in [0.3, 0.4) is 0 Å². The summed E-state index contributed by atoms with van der Waals surface area (Å²) in [7, 11) is 0. The lowest BCUT2D eigenvalue weighted by Gasteiger charge is -2.29. The van der Waals surface area contributed by atoms with Crippen LogP contribution in [0.5, 0.6) is 0 Å². The average Bonchev–Trinajstić information content (AvgIpc) is 3.11. The largest absolute Gasteiger partial charge is 0.335 e. The molecule has 0 radical (unpaired) electrons. The van der Waals surface area contributed by atoms with E-state index in [4.69, 9.17) is 0 Å². The Labute approximate surface area is 102 Å². The molecule has 0 bridgehead atoms. The molecule has 0 atom stereocenters. The van der Waals surface area contributed by atoms with Crippen LogP contribution in [0, 0.1) is 6.92 Å². The topological polar surface area (TPSA) is 32.3 Å². The van der Waals surface area contributed by atoms with Gasteiger partial charge in [-0.3, -0.25) is 4.90 Å². The summed E-state index contributed by atoms with van der Waals surface area (Å²) in [5.41, 5.74) is 3.68. The number of rotatable bonds is 1. The van der Waals surface area contributed by atoms with E-state index in [0.717, 1.165) is 37.9 Å². The summed E-state index contributed by atoms with van der Waals surface area (Å²) >= 11 is 0. The number of aryl methyl sites for hydroxylation is 2. The van der Waals surface area contributed by atoms with Crippen LogP contribution in [-0.4, -0.2) is 18.6 Å². The van der Waals surface area contributed by atoms with Crippen molar-refractivity contribution in [3.63, 3.8) is 0 Å². The number of hydrogen-bond donors (Lipinski definition) is 1. The monoisotopic (exact) mass is 230 g/mol. The molecule has 1 heterocycles. The van der Waals surface area contributed by atoms with E-state index in [1.807, 2.05) is 4.90 Å². The second-order valence-corrected chi connectivity index (χ2v) is 5.11. The van der Waals surface area contributed by atoms with Gasteiger partial charge in [-0.2, -0.15) is 0 Å². The Morgan fingerprint density at radius 1 is 1.41 bits per heavy atom. The molecule has 2 amide bonds. The summed E-state index contributed by atoms with van der Waals surface area (Å²) < 4.78 is 0. The van der Waals surface area contributed by atoms with Gasteiger partial charge in [0.25, 0.3) is 0 Å². The van der Waals surface area contributed by atoms with Gasteiger partial charge in [0.2, 0.25) is 0 Å². The number of hydrogen-bond acceptors (Lipinski definition) is 1. The minimum absolute atomic E-state index is 0.0808. The predicted octanol–water partition coefficient (Wildman–Crippen LogP) is 2.62. The van der Waals surface area contributed by atoms with Crippen LogP contribution in [0.25, 0.3) is 0 Å². The minimum atomic E-state index is 0.0808. The molecule has 3 rings (SSSR count). The van der Waals surface area contributed by atoms with Crippen molar-refractivity contribution in [3.05, 3.63) is 29.3 Å². The van der Waals surface area contributed by atoms with Crippen LogP contribution < -0.4 is 10.2 Å². The summed E-state index contributed by atoms with van der Waals surface area (Å²) in [6, 6.07) is 6.87. The van der Waals surface area contributed by atoms with Crippen molar-refractivity contribution in [1.29, 1.82) is 0 Å². The zero-order chi connectivity index (χ0) is 11.8. The summed E-state index contributed by atoms with van der Waals surface area (Å²) in [5.74, 6) is 0. The molecule has 1 fully saturated rings. The van der Waals surface area contributed by atoms with E-state index >= 15 is 0 Å². The molecular weight excluding hydrogens is 212 g/mol. The number of nitrogens with zero attached hydrogens (tertiary/aromatic N) is 1. The number of fused-ring (bicyclic) bond motifs is 1. The first-order chi connectivity index (χ1) is 8.24. The standard InChI is InChI=1S/C14H18N2O/c1-10-4-7-13-11(9-10)3-2-8-16(13)14(17)15-12-5-6-12/h4,7,9,12H,2-3,5-6,8H2,1H3,(H,15,17). The van der Waals surface area contributed by atoms with E-state index in [1.54, 1.807) is 0 Å². The molecule has 0 spiro atoms. The van der Waals surface area contributed by atoms with Crippen LogP contribution in [0.1, 0.15) is 30.4 Å². The third-order valence-electron chi connectivity index (χ3n) is 3.50. The average molecular weight is 230 g/mol. The summed E-state index contributed by atoms with van der Waals surface area (Å²) in [5, 5.41) is 3.07. The van der Waals surface area contributed by atoms with Crippen LogP contribution >= 0.6 is 0 Å². The first kappa shape index (κ1) is 10.6. The van der Waals surface area contributed by atoms with E-state index in [9.17, 15) is 4.79 Å². The number of amides is 2. The lowest BCUT2D eigenvalue weighted by atomic mass is 10.00. The fourth-order valence-corrected chi connectivity index (χ4v) is 2.42. The molecule has 17 heavy (non-hydrogen) atoms. The highest BCUT2D eigenvalue weighted by Gasteiger charge is 2.28. The summed E-state index contributed by atoms with van der Waals surface area (Å²) in [6.07, 6.45) is 4.43. The fraction of sp³-hybridized carbons (Fsp3) is 0.500. The number of anilines is 1. The van der Waals surface area contributed by atoms with Gasteiger partial charge in [0, 0.05) is 18.3 Å². The number of benzene rings is 1. The van der Waals surface area contributed by atoms with Crippen LogP contribution in [-0.2, 0) is 6.42 Å². The fourth-order valence-electron chi connectivity index (χ4n) is 2.42. The zero-order valence-electron chi connectivity index (χ0n) is 10.2. The number of carbonyl (C=O) groups is 1. The normalized spacial score (nSPS) is 18.8. The molecule has 90 valence electrons. The Balaban J connectivity index is 1.85. The number of nitrogens with one attached hydrogen (secondary N) is 1. The second-order valence-electron chi connectivity index (χ2n) is 5.11. The van der Waals surface area contributed by atoms with Gasteiger partial charge in [0.1, 0.15) is 0 Å². The highest BCUT2D eigenvalue weighted by molar-refractivity contribution is 5.93. The Bertz CT molecular complexity index is 452. The van der Waals surface area contributed by atoms with Crippen molar-refractivity contribution in [3.8, 4) is 0 Å². The van der Waals surface area contributed by atoms with Crippen molar-refractivity contribution < 1.29 is 4.79 Å². The molecule has 0 aromatic heterocycles. The molecule has 1 aromatic rings.